The maximum atomic E-state index is 5.87. The Morgan fingerprint density at radius 2 is 1.57 bits per heavy atom. The molecule has 0 N–H and O–H groups in total. The zero-order chi connectivity index (χ0) is 20.3. The fourth-order valence-corrected chi connectivity index (χ4v) is 3.55. The molecule has 3 aromatic carbocycles. The third-order valence-corrected chi connectivity index (χ3v) is 5.11. The minimum absolute atomic E-state index is 0.558. The van der Waals surface area contributed by atoms with Gasteiger partial charge in [0, 0.05) is 17.8 Å². The Kier molecular flexibility index (Phi) is 4.77. The molecule has 0 saturated carbocycles. The lowest BCUT2D eigenvalue weighted by molar-refractivity contribution is 0.326. The number of furan rings is 1. The van der Waals surface area contributed by atoms with E-state index in [-0.39, 0.29) is 0 Å². The van der Waals surface area contributed by atoms with Gasteiger partial charge in [0.15, 0.2) is 5.82 Å². The second kappa shape index (κ2) is 7.87. The summed E-state index contributed by atoms with van der Waals surface area (Å²) in [7, 11) is 2.03. The molecule has 0 unspecified atom stereocenters. The van der Waals surface area contributed by atoms with Gasteiger partial charge < -0.3 is 14.1 Å². The smallest absolute Gasteiger partial charge is 0.166 e. The van der Waals surface area contributed by atoms with Crippen molar-refractivity contribution in [1.82, 2.24) is 9.97 Å². The third-order valence-electron chi connectivity index (χ3n) is 5.11. The molecule has 0 aliphatic carbocycles. The number of likely N-dealkylation sites (N-methyl/N-ethyl adjacent to an activating group) is 1. The second-order valence-corrected chi connectivity index (χ2v) is 7.12. The van der Waals surface area contributed by atoms with Gasteiger partial charge in [-0.1, -0.05) is 48.5 Å². The lowest BCUT2D eigenvalue weighted by Crippen LogP contribution is -2.25. The Bertz CT molecular complexity index is 1300. The SMILES string of the molecule is CN(CCOc1ccccc1)c1nc(-c2coc3ccccc23)nc2ccccc12. The lowest BCUT2D eigenvalue weighted by atomic mass is 10.1. The first kappa shape index (κ1) is 18.2. The van der Waals surface area contributed by atoms with Crippen molar-refractivity contribution in [2.45, 2.75) is 0 Å². The van der Waals surface area contributed by atoms with Crippen LogP contribution in [-0.2, 0) is 0 Å². The molecule has 5 aromatic rings. The van der Waals surface area contributed by atoms with E-state index in [1.165, 1.54) is 0 Å². The molecule has 2 heterocycles. The molecule has 148 valence electrons. The van der Waals surface area contributed by atoms with Crippen LogP contribution in [-0.4, -0.2) is 30.2 Å². The first-order valence-electron chi connectivity index (χ1n) is 9.92. The highest BCUT2D eigenvalue weighted by Crippen LogP contribution is 2.32. The van der Waals surface area contributed by atoms with Gasteiger partial charge in [0.25, 0.3) is 0 Å². The third kappa shape index (κ3) is 3.46. The molecule has 5 rings (SSSR count). The number of ether oxygens (including phenoxy) is 1. The molecule has 5 heteroatoms. The highest BCUT2D eigenvalue weighted by atomic mass is 16.5. The molecule has 5 nitrogen and oxygen atoms in total. The van der Waals surface area contributed by atoms with Crippen molar-refractivity contribution in [2.75, 3.05) is 25.1 Å². The number of hydrogen-bond donors (Lipinski definition) is 0. The van der Waals surface area contributed by atoms with E-state index in [2.05, 4.69) is 11.0 Å². The van der Waals surface area contributed by atoms with Gasteiger partial charge in [0.05, 0.1) is 17.6 Å². The van der Waals surface area contributed by atoms with Gasteiger partial charge in [-0.2, -0.15) is 0 Å². The van der Waals surface area contributed by atoms with Gasteiger partial charge in [-0.05, 0) is 30.3 Å². The average Bonchev–Trinajstić information content (AvgIpc) is 3.23. The zero-order valence-electron chi connectivity index (χ0n) is 16.7. The largest absolute Gasteiger partial charge is 0.492 e. The predicted molar refractivity (Wildman–Crippen MR) is 120 cm³/mol. The fraction of sp³-hybridized carbons (Fsp3) is 0.120. The van der Waals surface area contributed by atoms with E-state index in [0.717, 1.165) is 39.0 Å². The van der Waals surface area contributed by atoms with E-state index in [4.69, 9.17) is 19.1 Å². The van der Waals surface area contributed by atoms with Crippen LogP contribution in [0.25, 0.3) is 33.3 Å². The number of benzene rings is 3. The molecular weight excluding hydrogens is 374 g/mol. The summed E-state index contributed by atoms with van der Waals surface area (Å²) in [6.45, 7) is 1.25. The number of anilines is 1. The molecule has 0 bridgehead atoms. The minimum atomic E-state index is 0.558. The van der Waals surface area contributed by atoms with E-state index < -0.39 is 0 Å². The number of para-hydroxylation sites is 3. The number of aromatic nitrogens is 2. The monoisotopic (exact) mass is 395 g/mol. The van der Waals surface area contributed by atoms with E-state index in [0.29, 0.717) is 19.0 Å². The van der Waals surface area contributed by atoms with Crippen LogP contribution in [0.2, 0.25) is 0 Å². The maximum absolute atomic E-state index is 5.87. The average molecular weight is 395 g/mol. The normalized spacial score (nSPS) is 11.1. The summed E-state index contributed by atoms with van der Waals surface area (Å²) in [5, 5.41) is 2.02. The van der Waals surface area contributed by atoms with E-state index in [9.17, 15) is 0 Å². The molecule has 0 amide bonds. The molecule has 0 aliphatic heterocycles. The van der Waals surface area contributed by atoms with E-state index in [1.54, 1.807) is 6.26 Å². The molecule has 0 spiro atoms. The Morgan fingerprint density at radius 3 is 2.43 bits per heavy atom. The Morgan fingerprint density at radius 1 is 0.833 bits per heavy atom. The summed E-state index contributed by atoms with van der Waals surface area (Å²) in [5.41, 5.74) is 2.63. The quantitative estimate of drug-likeness (QED) is 0.377. The molecule has 0 fully saturated rings. The number of rotatable bonds is 6. The van der Waals surface area contributed by atoms with Crippen LogP contribution in [0.5, 0.6) is 5.75 Å². The van der Waals surface area contributed by atoms with E-state index in [1.807, 2.05) is 79.8 Å². The van der Waals surface area contributed by atoms with Crippen molar-refractivity contribution in [1.29, 1.82) is 0 Å². The molecular formula is C25H21N3O2. The summed E-state index contributed by atoms with van der Waals surface area (Å²) in [4.78, 5) is 11.8. The highest BCUT2D eigenvalue weighted by molar-refractivity contribution is 5.95. The minimum Gasteiger partial charge on any atom is -0.492 e. The van der Waals surface area contributed by atoms with Gasteiger partial charge in [-0.15, -0.1) is 0 Å². The first-order valence-corrected chi connectivity index (χ1v) is 9.92. The zero-order valence-corrected chi connectivity index (χ0v) is 16.7. The van der Waals surface area contributed by atoms with Crippen LogP contribution in [0, 0.1) is 0 Å². The molecule has 0 aliphatic rings. The van der Waals surface area contributed by atoms with Crippen molar-refractivity contribution in [3.05, 3.63) is 85.1 Å². The second-order valence-electron chi connectivity index (χ2n) is 7.12. The van der Waals surface area contributed by atoms with Crippen LogP contribution in [0.15, 0.2) is 89.5 Å². The Labute approximate surface area is 174 Å². The highest BCUT2D eigenvalue weighted by Gasteiger charge is 2.16. The summed E-state index contributed by atoms with van der Waals surface area (Å²) in [6.07, 6.45) is 1.73. The predicted octanol–water partition coefficient (Wildman–Crippen LogP) is 5.56. The Hall–Kier alpha value is -3.86. The maximum Gasteiger partial charge on any atom is 0.166 e. The molecule has 0 radical (unpaired) electrons. The van der Waals surface area contributed by atoms with Crippen molar-refractivity contribution >= 4 is 27.7 Å². The fourth-order valence-electron chi connectivity index (χ4n) is 3.55. The summed E-state index contributed by atoms with van der Waals surface area (Å²) in [5.74, 6) is 2.39. The Balaban J connectivity index is 1.49. The van der Waals surface area contributed by atoms with Gasteiger partial charge in [0.2, 0.25) is 0 Å². The van der Waals surface area contributed by atoms with Gasteiger partial charge in [0.1, 0.15) is 30.0 Å². The first-order chi connectivity index (χ1) is 14.8. The van der Waals surface area contributed by atoms with Crippen LogP contribution in [0.1, 0.15) is 0 Å². The van der Waals surface area contributed by atoms with Gasteiger partial charge >= 0.3 is 0 Å². The van der Waals surface area contributed by atoms with Crippen molar-refractivity contribution in [3.63, 3.8) is 0 Å². The van der Waals surface area contributed by atoms with Crippen LogP contribution < -0.4 is 9.64 Å². The van der Waals surface area contributed by atoms with Gasteiger partial charge in [-0.25, -0.2) is 9.97 Å². The molecule has 30 heavy (non-hydrogen) atoms. The van der Waals surface area contributed by atoms with Crippen LogP contribution in [0.3, 0.4) is 0 Å². The van der Waals surface area contributed by atoms with Crippen molar-refractivity contribution < 1.29 is 9.15 Å². The molecule has 0 saturated heterocycles. The number of fused-ring (bicyclic) bond motifs is 2. The number of hydrogen-bond acceptors (Lipinski definition) is 5. The molecule has 2 aromatic heterocycles. The summed E-state index contributed by atoms with van der Waals surface area (Å²) >= 11 is 0. The van der Waals surface area contributed by atoms with E-state index >= 15 is 0 Å². The standard InChI is InChI=1S/C25H21N3O2/c1-28(15-16-29-18-9-3-2-4-10-18)25-20-12-5-7-13-22(20)26-24(27-25)21-17-30-23-14-8-6-11-19(21)23/h2-14,17H,15-16H2,1H3. The number of nitrogens with zero attached hydrogens (tertiary/aromatic N) is 3. The summed E-state index contributed by atoms with van der Waals surface area (Å²) < 4.78 is 11.6. The van der Waals surface area contributed by atoms with Crippen molar-refractivity contribution in [2.24, 2.45) is 0 Å². The van der Waals surface area contributed by atoms with Crippen LogP contribution >= 0.6 is 0 Å². The molecule has 0 atom stereocenters. The summed E-state index contributed by atoms with van der Waals surface area (Å²) in [6, 6.07) is 25.9. The lowest BCUT2D eigenvalue weighted by Gasteiger charge is -2.20. The van der Waals surface area contributed by atoms with Gasteiger partial charge in [-0.3, -0.25) is 0 Å². The van der Waals surface area contributed by atoms with Crippen LogP contribution in [0.4, 0.5) is 5.82 Å². The van der Waals surface area contributed by atoms with Crippen molar-refractivity contribution in [3.8, 4) is 17.1 Å². The topological polar surface area (TPSA) is 51.4 Å².